The number of hydrogen-bond donors (Lipinski definition) is 2. The van der Waals surface area contributed by atoms with Gasteiger partial charge in [0.2, 0.25) is 11.8 Å². The lowest BCUT2D eigenvalue weighted by Crippen LogP contribution is -2.10. The summed E-state index contributed by atoms with van der Waals surface area (Å²) in [6, 6.07) is 32.3. The van der Waals surface area contributed by atoms with Crippen LogP contribution in [0.5, 0.6) is 0 Å². The van der Waals surface area contributed by atoms with Crippen molar-refractivity contribution in [2.24, 2.45) is 31.9 Å². The lowest BCUT2D eigenvalue weighted by Gasteiger charge is -1.97. The first kappa shape index (κ1) is 23.7. The molecule has 0 heterocycles. The summed E-state index contributed by atoms with van der Waals surface area (Å²) in [7, 11) is 0. The van der Waals surface area contributed by atoms with E-state index in [1.165, 1.54) is 0 Å². The highest BCUT2D eigenvalue weighted by Gasteiger charge is 2.00. The Morgan fingerprint density at radius 1 is 0.412 bits per heavy atom. The summed E-state index contributed by atoms with van der Waals surface area (Å²) in [5.74, 6) is -0.981. The van der Waals surface area contributed by atoms with Gasteiger partial charge in [-0.1, -0.05) is 36.4 Å². The second-order valence-electron chi connectivity index (χ2n) is 6.89. The molecule has 168 valence electrons. The fourth-order valence-electron chi connectivity index (χ4n) is 2.60. The van der Waals surface area contributed by atoms with E-state index in [0.717, 1.165) is 11.4 Å². The number of rotatable bonds is 6. The van der Waals surface area contributed by atoms with Gasteiger partial charge >= 0.3 is 0 Å². The molecule has 0 spiro atoms. The normalized spacial score (nSPS) is 10.6. The van der Waals surface area contributed by atoms with Gasteiger partial charge < -0.3 is 11.5 Å². The molecule has 4 aromatic rings. The topological polar surface area (TPSA) is 136 Å². The van der Waals surface area contributed by atoms with Crippen LogP contribution >= 0.6 is 0 Å². The van der Waals surface area contributed by atoms with Gasteiger partial charge in [0.25, 0.3) is 0 Å². The number of nitrogens with two attached hydrogens (primary N) is 2. The van der Waals surface area contributed by atoms with Crippen molar-refractivity contribution >= 4 is 34.6 Å². The molecule has 0 aromatic heterocycles. The van der Waals surface area contributed by atoms with Crippen molar-refractivity contribution in [2.75, 3.05) is 0 Å². The summed E-state index contributed by atoms with van der Waals surface area (Å²) in [5.41, 5.74) is 14.0. The number of carbonyl (C=O) groups is 2. The molecular formula is C26H22N6O2. The van der Waals surface area contributed by atoms with Gasteiger partial charge in [-0.2, -0.15) is 20.5 Å². The van der Waals surface area contributed by atoms with Gasteiger partial charge in [-0.3, -0.25) is 9.59 Å². The Bertz CT molecular complexity index is 1170. The molecule has 4 rings (SSSR count). The van der Waals surface area contributed by atoms with Gasteiger partial charge in [-0.15, -0.1) is 0 Å². The molecule has 34 heavy (non-hydrogen) atoms. The summed E-state index contributed by atoms with van der Waals surface area (Å²) < 4.78 is 0. The minimum absolute atomic E-state index is 0.412. The van der Waals surface area contributed by atoms with Crippen molar-refractivity contribution in [3.63, 3.8) is 0 Å². The van der Waals surface area contributed by atoms with E-state index < -0.39 is 11.8 Å². The van der Waals surface area contributed by atoms with E-state index in [4.69, 9.17) is 11.5 Å². The molecule has 0 aliphatic carbocycles. The molecular weight excluding hydrogens is 428 g/mol. The molecule has 0 bridgehead atoms. The molecule has 4 N–H and O–H groups in total. The first-order valence-electron chi connectivity index (χ1n) is 10.2. The van der Waals surface area contributed by atoms with Crippen LogP contribution in [0.1, 0.15) is 20.7 Å². The average molecular weight is 451 g/mol. The van der Waals surface area contributed by atoms with E-state index in [0.29, 0.717) is 22.5 Å². The zero-order valence-electron chi connectivity index (χ0n) is 18.2. The van der Waals surface area contributed by atoms with Gasteiger partial charge in [0.05, 0.1) is 22.7 Å². The Hall–Kier alpha value is -4.98. The van der Waals surface area contributed by atoms with E-state index in [2.05, 4.69) is 20.5 Å². The van der Waals surface area contributed by atoms with Crippen LogP contribution in [-0.4, -0.2) is 11.8 Å². The fourth-order valence-corrected chi connectivity index (χ4v) is 2.60. The zero-order chi connectivity index (χ0) is 24.2. The van der Waals surface area contributed by atoms with Crippen molar-refractivity contribution in [3.8, 4) is 0 Å². The largest absolute Gasteiger partial charge is 0.366 e. The first-order valence-corrected chi connectivity index (χ1v) is 10.2. The van der Waals surface area contributed by atoms with Crippen LogP contribution in [0.15, 0.2) is 130 Å². The second kappa shape index (κ2) is 12.2. The predicted octanol–water partition coefficient (Wildman–Crippen LogP) is 6.40. The molecule has 0 saturated carbocycles. The predicted molar refractivity (Wildman–Crippen MR) is 131 cm³/mol. The Balaban J connectivity index is 0.000000202. The minimum atomic E-state index is -0.490. The first-order chi connectivity index (χ1) is 16.5. The van der Waals surface area contributed by atoms with Gasteiger partial charge in [0.1, 0.15) is 0 Å². The second-order valence-corrected chi connectivity index (χ2v) is 6.89. The SMILES string of the molecule is NC(=O)c1ccc(N=Nc2ccc(C(N)=O)cc2)cc1.c1ccc(N=Nc2ccccc2)cc1. The van der Waals surface area contributed by atoms with Gasteiger partial charge in [0.15, 0.2) is 0 Å². The highest BCUT2D eigenvalue weighted by Crippen LogP contribution is 2.19. The minimum Gasteiger partial charge on any atom is -0.366 e. The van der Waals surface area contributed by atoms with Crippen molar-refractivity contribution < 1.29 is 9.59 Å². The number of amides is 2. The molecule has 0 saturated heterocycles. The summed E-state index contributed by atoms with van der Waals surface area (Å²) in [6.07, 6.45) is 0. The van der Waals surface area contributed by atoms with Crippen molar-refractivity contribution in [1.29, 1.82) is 0 Å². The van der Waals surface area contributed by atoms with E-state index >= 15 is 0 Å². The summed E-state index contributed by atoms with van der Waals surface area (Å²) >= 11 is 0. The third kappa shape index (κ3) is 7.61. The highest BCUT2D eigenvalue weighted by atomic mass is 16.1. The molecule has 0 unspecified atom stereocenters. The molecule has 8 nitrogen and oxygen atoms in total. The molecule has 0 fully saturated rings. The molecule has 2 amide bonds. The van der Waals surface area contributed by atoms with E-state index in [1.807, 2.05) is 60.7 Å². The van der Waals surface area contributed by atoms with Crippen LogP contribution in [0.3, 0.4) is 0 Å². The molecule has 0 aliphatic rings. The maximum atomic E-state index is 10.9. The number of primary amides is 2. The smallest absolute Gasteiger partial charge is 0.248 e. The highest BCUT2D eigenvalue weighted by molar-refractivity contribution is 5.93. The third-order valence-corrected chi connectivity index (χ3v) is 4.38. The Labute approximate surface area is 196 Å². The van der Waals surface area contributed by atoms with E-state index in [9.17, 15) is 9.59 Å². The van der Waals surface area contributed by atoms with E-state index in [-0.39, 0.29) is 0 Å². The monoisotopic (exact) mass is 450 g/mol. The Kier molecular flexibility index (Phi) is 8.47. The van der Waals surface area contributed by atoms with Crippen molar-refractivity contribution in [3.05, 3.63) is 120 Å². The maximum Gasteiger partial charge on any atom is 0.248 e. The molecule has 0 aliphatic heterocycles. The summed E-state index contributed by atoms with van der Waals surface area (Å²) in [5, 5.41) is 16.2. The lowest BCUT2D eigenvalue weighted by molar-refractivity contribution is 0.0992. The van der Waals surface area contributed by atoms with Crippen LogP contribution in [-0.2, 0) is 0 Å². The number of hydrogen-bond acceptors (Lipinski definition) is 6. The fraction of sp³-hybridized carbons (Fsp3) is 0. The quantitative estimate of drug-likeness (QED) is 0.329. The summed E-state index contributed by atoms with van der Waals surface area (Å²) in [4.78, 5) is 21.8. The standard InChI is InChI=1S/C14H12N4O2.C12H10N2/c15-13(19)9-1-5-11(6-2-9)17-18-12-7-3-10(4-8-12)14(16)20;1-3-7-11(8-4-1)13-14-12-9-5-2-6-10-12/h1-8H,(H2,15,19)(H2,16,20);1-10H. The van der Waals surface area contributed by atoms with Crippen LogP contribution < -0.4 is 11.5 Å². The van der Waals surface area contributed by atoms with Crippen molar-refractivity contribution in [2.45, 2.75) is 0 Å². The number of azo groups is 2. The Morgan fingerprint density at radius 3 is 0.941 bits per heavy atom. The average Bonchev–Trinajstić information content (AvgIpc) is 2.88. The zero-order valence-corrected chi connectivity index (χ0v) is 18.2. The van der Waals surface area contributed by atoms with Gasteiger partial charge in [-0.05, 0) is 72.8 Å². The van der Waals surface area contributed by atoms with Crippen LogP contribution in [0.25, 0.3) is 0 Å². The summed E-state index contributed by atoms with van der Waals surface area (Å²) in [6.45, 7) is 0. The molecule has 0 atom stereocenters. The molecule has 8 heteroatoms. The van der Waals surface area contributed by atoms with E-state index in [1.54, 1.807) is 48.5 Å². The van der Waals surface area contributed by atoms with Gasteiger partial charge in [-0.25, -0.2) is 0 Å². The number of nitrogens with zero attached hydrogens (tertiary/aromatic N) is 4. The maximum absolute atomic E-state index is 10.9. The molecule has 0 radical (unpaired) electrons. The van der Waals surface area contributed by atoms with Crippen LogP contribution in [0.4, 0.5) is 22.7 Å². The number of benzene rings is 4. The lowest BCUT2D eigenvalue weighted by atomic mass is 10.2. The van der Waals surface area contributed by atoms with Crippen LogP contribution in [0.2, 0.25) is 0 Å². The number of carbonyl (C=O) groups excluding carboxylic acids is 2. The molecule has 4 aromatic carbocycles. The van der Waals surface area contributed by atoms with Gasteiger partial charge in [0, 0.05) is 11.1 Å². The van der Waals surface area contributed by atoms with Crippen molar-refractivity contribution in [1.82, 2.24) is 0 Å². The third-order valence-electron chi connectivity index (χ3n) is 4.38. The van der Waals surface area contributed by atoms with Crippen LogP contribution in [0, 0.1) is 0 Å². The Morgan fingerprint density at radius 2 is 0.676 bits per heavy atom.